The van der Waals surface area contributed by atoms with Crippen LogP contribution in [-0.2, 0) is 0 Å². The van der Waals surface area contributed by atoms with Crippen molar-refractivity contribution in [3.8, 4) is 0 Å². The van der Waals surface area contributed by atoms with Crippen LogP contribution in [0.3, 0.4) is 0 Å². The third kappa shape index (κ3) is 1.07. The summed E-state index contributed by atoms with van der Waals surface area (Å²) in [6.07, 6.45) is 1.40. The van der Waals surface area contributed by atoms with Gasteiger partial charge in [-0.2, -0.15) is 0 Å². The first-order valence-corrected chi connectivity index (χ1v) is 4.40. The molecule has 0 bridgehead atoms. The van der Waals surface area contributed by atoms with Gasteiger partial charge in [-0.3, -0.25) is 4.90 Å². The molecule has 0 aromatic heterocycles. The van der Waals surface area contributed by atoms with Gasteiger partial charge in [0.05, 0.1) is 0 Å². The average Bonchev–Trinajstić information content (AvgIpc) is 2.44. The lowest BCUT2D eigenvalue weighted by Crippen LogP contribution is -2.35. The molecule has 1 saturated carbocycles. The van der Waals surface area contributed by atoms with Gasteiger partial charge in [0.25, 0.3) is 0 Å². The normalized spacial score (nSPS) is 38.7. The Bertz CT molecular complexity index is 118. The Morgan fingerprint density at radius 3 is 1.90 bits per heavy atom. The van der Waals surface area contributed by atoms with Crippen molar-refractivity contribution in [2.45, 2.75) is 39.7 Å². The molecule has 0 radical (unpaired) electrons. The maximum absolute atomic E-state index is 2.57. The minimum atomic E-state index is 0.559. The Morgan fingerprint density at radius 2 is 1.80 bits per heavy atom. The fraction of sp³-hybridized carbons (Fsp3) is 1.00. The van der Waals surface area contributed by atoms with Gasteiger partial charge in [-0.25, -0.2) is 0 Å². The molecule has 0 N–H and O–H groups in total. The molecular formula is C9H19N. The molecule has 2 unspecified atom stereocenters. The van der Waals surface area contributed by atoms with Crippen LogP contribution in [0.15, 0.2) is 0 Å². The van der Waals surface area contributed by atoms with E-state index in [1.165, 1.54) is 19.5 Å². The molecular weight excluding hydrogens is 122 g/mol. The molecule has 0 aliphatic heterocycles. The highest BCUT2D eigenvalue weighted by atomic mass is 15.2. The second-order valence-corrected chi connectivity index (χ2v) is 3.63. The Labute approximate surface area is 64.4 Å². The molecule has 1 rings (SSSR count). The standard InChI is InChI=1S/C9H19N/c1-5-10(6-2)9(4)7-8(9)3/h8H,5-7H2,1-4H3. The van der Waals surface area contributed by atoms with Crippen LogP contribution in [0.4, 0.5) is 0 Å². The largest absolute Gasteiger partial charge is 0.298 e. The van der Waals surface area contributed by atoms with Crippen molar-refractivity contribution >= 4 is 0 Å². The molecule has 0 aromatic carbocycles. The van der Waals surface area contributed by atoms with Crippen LogP contribution in [-0.4, -0.2) is 23.5 Å². The maximum Gasteiger partial charge on any atom is 0.0210 e. The SMILES string of the molecule is CCN(CC)C1(C)CC1C. The predicted octanol–water partition coefficient (Wildman–Crippen LogP) is 2.13. The summed E-state index contributed by atoms with van der Waals surface area (Å²) in [6.45, 7) is 11.6. The topological polar surface area (TPSA) is 3.24 Å². The van der Waals surface area contributed by atoms with Crippen LogP contribution in [0.25, 0.3) is 0 Å². The van der Waals surface area contributed by atoms with E-state index in [0.29, 0.717) is 5.54 Å². The summed E-state index contributed by atoms with van der Waals surface area (Å²) < 4.78 is 0. The predicted molar refractivity (Wildman–Crippen MR) is 45.1 cm³/mol. The van der Waals surface area contributed by atoms with Gasteiger partial charge in [-0.05, 0) is 32.4 Å². The average molecular weight is 141 g/mol. The van der Waals surface area contributed by atoms with Crippen LogP contribution in [0.1, 0.15) is 34.1 Å². The van der Waals surface area contributed by atoms with E-state index in [2.05, 4.69) is 32.6 Å². The first-order valence-electron chi connectivity index (χ1n) is 4.40. The van der Waals surface area contributed by atoms with Crippen molar-refractivity contribution in [2.24, 2.45) is 5.92 Å². The van der Waals surface area contributed by atoms with Gasteiger partial charge >= 0.3 is 0 Å². The lowest BCUT2D eigenvalue weighted by molar-refractivity contribution is 0.199. The highest BCUT2D eigenvalue weighted by molar-refractivity contribution is 5.05. The first kappa shape index (κ1) is 8.06. The smallest absolute Gasteiger partial charge is 0.0210 e. The molecule has 10 heavy (non-hydrogen) atoms. The van der Waals surface area contributed by atoms with Crippen molar-refractivity contribution < 1.29 is 0 Å². The molecule has 1 aliphatic rings. The molecule has 1 aliphatic carbocycles. The Balaban J connectivity index is 2.46. The van der Waals surface area contributed by atoms with Crippen molar-refractivity contribution in [1.29, 1.82) is 0 Å². The molecule has 1 nitrogen and oxygen atoms in total. The Hall–Kier alpha value is -0.0400. The fourth-order valence-corrected chi connectivity index (χ4v) is 1.95. The lowest BCUT2D eigenvalue weighted by atomic mass is 10.2. The zero-order valence-electron chi connectivity index (χ0n) is 7.65. The third-order valence-electron chi connectivity index (χ3n) is 3.11. The first-order chi connectivity index (χ1) is 4.65. The number of nitrogens with zero attached hydrogens (tertiary/aromatic N) is 1. The summed E-state index contributed by atoms with van der Waals surface area (Å²) in [7, 11) is 0. The van der Waals surface area contributed by atoms with E-state index in [4.69, 9.17) is 0 Å². The van der Waals surface area contributed by atoms with Crippen molar-refractivity contribution in [3.63, 3.8) is 0 Å². The van der Waals surface area contributed by atoms with Crippen LogP contribution in [0.5, 0.6) is 0 Å². The molecule has 2 atom stereocenters. The Morgan fingerprint density at radius 1 is 1.40 bits per heavy atom. The van der Waals surface area contributed by atoms with E-state index in [1.807, 2.05) is 0 Å². The molecule has 1 fully saturated rings. The van der Waals surface area contributed by atoms with E-state index in [0.717, 1.165) is 5.92 Å². The summed E-state index contributed by atoms with van der Waals surface area (Å²) in [5.41, 5.74) is 0.559. The van der Waals surface area contributed by atoms with Gasteiger partial charge in [0.1, 0.15) is 0 Å². The highest BCUT2D eigenvalue weighted by Crippen LogP contribution is 2.47. The third-order valence-corrected chi connectivity index (χ3v) is 3.11. The van der Waals surface area contributed by atoms with Crippen LogP contribution >= 0.6 is 0 Å². The van der Waals surface area contributed by atoms with E-state index in [9.17, 15) is 0 Å². The molecule has 0 saturated heterocycles. The van der Waals surface area contributed by atoms with Crippen LogP contribution in [0.2, 0.25) is 0 Å². The summed E-state index contributed by atoms with van der Waals surface area (Å²) in [4.78, 5) is 2.57. The second kappa shape index (κ2) is 2.54. The number of rotatable bonds is 3. The monoisotopic (exact) mass is 141 g/mol. The van der Waals surface area contributed by atoms with Gasteiger partial charge in [-0.1, -0.05) is 20.8 Å². The van der Waals surface area contributed by atoms with Gasteiger partial charge in [0, 0.05) is 5.54 Å². The van der Waals surface area contributed by atoms with Crippen LogP contribution < -0.4 is 0 Å². The van der Waals surface area contributed by atoms with Gasteiger partial charge < -0.3 is 0 Å². The fourth-order valence-electron chi connectivity index (χ4n) is 1.95. The minimum Gasteiger partial charge on any atom is -0.298 e. The van der Waals surface area contributed by atoms with Gasteiger partial charge in [-0.15, -0.1) is 0 Å². The van der Waals surface area contributed by atoms with E-state index >= 15 is 0 Å². The van der Waals surface area contributed by atoms with Gasteiger partial charge in [0.15, 0.2) is 0 Å². The van der Waals surface area contributed by atoms with Crippen LogP contribution in [0, 0.1) is 5.92 Å². The number of hydrogen-bond donors (Lipinski definition) is 0. The molecule has 60 valence electrons. The van der Waals surface area contributed by atoms with Crippen molar-refractivity contribution in [1.82, 2.24) is 4.90 Å². The summed E-state index contributed by atoms with van der Waals surface area (Å²) in [6, 6.07) is 0. The van der Waals surface area contributed by atoms with E-state index in [1.54, 1.807) is 0 Å². The molecule has 0 heterocycles. The minimum absolute atomic E-state index is 0.559. The number of hydrogen-bond acceptors (Lipinski definition) is 1. The second-order valence-electron chi connectivity index (χ2n) is 3.63. The van der Waals surface area contributed by atoms with Crippen molar-refractivity contribution in [2.75, 3.05) is 13.1 Å². The quantitative estimate of drug-likeness (QED) is 0.582. The molecule has 0 aromatic rings. The van der Waals surface area contributed by atoms with Gasteiger partial charge in [0.2, 0.25) is 0 Å². The Kier molecular flexibility index (Phi) is 2.04. The molecule has 0 amide bonds. The van der Waals surface area contributed by atoms with E-state index in [-0.39, 0.29) is 0 Å². The molecule has 1 heteroatoms. The summed E-state index contributed by atoms with van der Waals surface area (Å²) in [5, 5.41) is 0. The molecule has 0 spiro atoms. The zero-order chi connectivity index (χ0) is 7.78. The highest BCUT2D eigenvalue weighted by Gasteiger charge is 2.49. The van der Waals surface area contributed by atoms with Crippen molar-refractivity contribution in [3.05, 3.63) is 0 Å². The summed E-state index contributed by atoms with van der Waals surface area (Å²) in [5.74, 6) is 0.924. The maximum atomic E-state index is 2.57. The zero-order valence-corrected chi connectivity index (χ0v) is 7.65. The summed E-state index contributed by atoms with van der Waals surface area (Å²) >= 11 is 0. The lowest BCUT2D eigenvalue weighted by Gasteiger charge is -2.26. The van der Waals surface area contributed by atoms with E-state index < -0.39 is 0 Å².